The lowest BCUT2D eigenvalue weighted by Gasteiger charge is -2.16. The Kier molecular flexibility index (Phi) is 7.64. The second-order valence-electron chi connectivity index (χ2n) is 4.79. The zero-order valence-corrected chi connectivity index (χ0v) is 14.1. The monoisotopic (exact) mass is 343 g/mol. The number of primary amides is 1. The smallest absolute Gasteiger partial charge is 0.366 e. The molecule has 0 saturated carbocycles. The molecule has 0 radical (unpaired) electrons. The molecule has 0 fully saturated rings. The number of halogens is 4. The Hall–Kier alpha value is -2.37. The number of benzene rings is 1. The molecule has 0 aliphatic heterocycles. The zero-order chi connectivity index (χ0) is 19.2. The van der Waals surface area contributed by atoms with Crippen LogP contribution in [0.2, 0.25) is 0 Å². The van der Waals surface area contributed by atoms with E-state index in [1.165, 1.54) is 6.08 Å². The van der Waals surface area contributed by atoms with Crippen LogP contribution in [0.15, 0.2) is 42.5 Å². The Morgan fingerprint density at radius 3 is 2.04 bits per heavy atom. The number of carbonyl (C=O) groups is 1. The van der Waals surface area contributed by atoms with E-state index in [1.807, 2.05) is 13.8 Å². The third-order valence-electron chi connectivity index (χ3n) is 3.06. The summed E-state index contributed by atoms with van der Waals surface area (Å²) in [4.78, 5) is 11.2. The van der Waals surface area contributed by atoms with Crippen LogP contribution in [0, 0.1) is 5.82 Å². The average Bonchev–Trinajstić information content (AvgIpc) is 2.48. The van der Waals surface area contributed by atoms with Crippen LogP contribution in [0.1, 0.15) is 49.2 Å². The molecule has 1 amide bonds. The van der Waals surface area contributed by atoms with Crippen molar-refractivity contribution in [1.82, 2.24) is 0 Å². The molecule has 24 heavy (non-hydrogen) atoms. The maximum atomic E-state index is 13.9. The summed E-state index contributed by atoms with van der Waals surface area (Å²) in [5.74, 6) is -2.96. The topological polar surface area (TPSA) is 43.1 Å². The standard InChI is InChI=1S/C16H15F4NO.C2H6/c1-5-9(4)13(8(2)3)10-6-11(15(21)22)14(17)12(7-10)16(18,19)20;1-2/h5-7H,1-2H2,3-4H3,(H2,21,22);1-2H3/b13-9+;. The van der Waals surface area contributed by atoms with Gasteiger partial charge in [0.25, 0.3) is 5.91 Å². The minimum absolute atomic E-state index is 0.00687. The van der Waals surface area contributed by atoms with E-state index in [0.29, 0.717) is 22.8 Å². The molecule has 132 valence electrons. The summed E-state index contributed by atoms with van der Waals surface area (Å²) in [6.07, 6.45) is -3.52. The van der Waals surface area contributed by atoms with Crippen molar-refractivity contribution < 1.29 is 22.4 Å². The highest BCUT2D eigenvalue weighted by Crippen LogP contribution is 2.36. The van der Waals surface area contributed by atoms with Crippen LogP contribution in [0.25, 0.3) is 5.57 Å². The Bertz CT molecular complexity index is 685. The van der Waals surface area contributed by atoms with E-state index in [-0.39, 0.29) is 5.56 Å². The lowest BCUT2D eigenvalue weighted by atomic mass is 9.91. The number of rotatable bonds is 4. The fourth-order valence-corrected chi connectivity index (χ4v) is 2.07. The van der Waals surface area contributed by atoms with Gasteiger partial charge in [0.1, 0.15) is 5.82 Å². The second kappa shape index (κ2) is 8.47. The Labute approximate surface area is 139 Å². The quantitative estimate of drug-likeness (QED) is 0.569. The van der Waals surface area contributed by atoms with Crippen molar-refractivity contribution in [3.8, 4) is 0 Å². The minimum atomic E-state index is -4.95. The predicted octanol–water partition coefficient (Wildman–Crippen LogP) is 5.51. The van der Waals surface area contributed by atoms with Crippen LogP contribution in [0.3, 0.4) is 0 Å². The molecule has 0 aliphatic carbocycles. The molecule has 2 nitrogen and oxygen atoms in total. The number of hydrogen-bond acceptors (Lipinski definition) is 1. The van der Waals surface area contributed by atoms with Gasteiger partial charge in [-0.15, -0.1) is 0 Å². The highest BCUT2D eigenvalue weighted by molar-refractivity contribution is 5.95. The molecule has 0 aromatic heterocycles. The van der Waals surface area contributed by atoms with Gasteiger partial charge in [0, 0.05) is 0 Å². The molecule has 0 atom stereocenters. The van der Waals surface area contributed by atoms with Crippen LogP contribution in [-0.2, 0) is 6.18 Å². The van der Waals surface area contributed by atoms with Gasteiger partial charge in [-0.05, 0) is 42.7 Å². The summed E-state index contributed by atoms with van der Waals surface area (Å²) in [7, 11) is 0. The van der Waals surface area contributed by atoms with E-state index >= 15 is 0 Å². The van der Waals surface area contributed by atoms with Gasteiger partial charge in [0.15, 0.2) is 0 Å². The molecule has 1 aromatic carbocycles. The second-order valence-corrected chi connectivity index (χ2v) is 4.79. The summed E-state index contributed by atoms with van der Waals surface area (Å²) in [5.41, 5.74) is 3.96. The Morgan fingerprint density at radius 1 is 1.21 bits per heavy atom. The van der Waals surface area contributed by atoms with Gasteiger partial charge in [-0.3, -0.25) is 4.79 Å². The first-order valence-corrected chi connectivity index (χ1v) is 7.20. The molecule has 0 bridgehead atoms. The molecular weight excluding hydrogens is 322 g/mol. The molecule has 0 saturated heterocycles. The van der Waals surface area contributed by atoms with Crippen LogP contribution < -0.4 is 5.73 Å². The summed E-state index contributed by atoms with van der Waals surface area (Å²) in [6.45, 7) is 14.5. The van der Waals surface area contributed by atoms with Crippen molar-refractivity contribution >= 4 is 11.5 Å². The first-order valence-electron chi connectivity index (χ1n) is 7.20. The van der Waals surface area contributed by atoms with Gasteiger partial charge < -0.3 is 5.73 Å². The lowest BCUT2D eigenvalue weighted by molar-refractivity contribution is -0.140. The lowest BCUT2D eigenvalue weighted by Crippen LogP contribution is -2.18. The zero-order valence-electron chi connectivity index (χ0n) is 14.1. The number of allylic oxidation sites excluding steroid dienone is 4. The first kappa shape index (κ1) is 21.6. The molecule has 0 spiro atoms. The molecule has 0 unspecified atom stereocenters. The van der Waals surface area contributed by atoms with Crippen molar-refractivity contribution in [2.45, 2.75) is 33.9 Å². The minimum Gasteiger partial charge on any atom is -0.366 e. The molecule has 0 heterocycles. The summed E-state index contributed by atoms with van der Waals surface area (Å²) >= 11 is 0. The van der Waals surface area contributed by atoms with Crippen LogP contribution >= 0.6 is 0 Å². The average molecular weight is 343 g/mol. The molecule has 1 aromatic rings. The van der Waals surface area contributed by atoms with E-state index < -0.39 is 29.0 Å². The van der Waals surface area contributed by atoms with Crippen molar-refractivity contribution in [3.05, 3.63) is 65.0 Å². The number of nitrogens with two attached hydrogens (primary N) is 1. The normalized spacial score (nSPS) is 11.8. The molecule has 1 rings (SSSR count). The van der Waals surface area contributed by atoms with Crippen molar-refractivity contribution in [3.63, 3.8) is 0 Å². The predicted molar refractivity (Wildman–Crippen MR) is 88.9 cm³/mol. The van der Waals surface area contributed by atoms with Crippen molar-refractivity contribution in [2.75, 3.05) is 0 Å². The molecular formula is C18H21F4NO. The van der Waals surface area contributed by atoms with Crippen LogP contribution in [-0.4, -0.2) is 5.91 Å². The van der Waals surface area contributed by atoms with E-state index in [2.05, 4.69) is 13.2 Å². The van der Waals surface area contributed by atoms with Gasteiger partial charge >= 0.3 is 6.18 Å². The third kappa shape index (κ3) is 4.81. The van der Waals surface area contributed by atoms with Crippen LogP contribution in [0.5, 0.6) is 0 Å². The SMILES string of the molecule is C=C/C(C)=C(\C(=C)C)c1cc(C(N)=O)c(F)c(C(F)(F)F)c1.CC. The third-order valence-corrected chi connectivity index (χ3v) is 3.06. The van der Waals surface area contributed by atoms with Crippen molar-refractivity contribution in [2.24, 2.45) is 5.73 Å². The van der Waals surface area contributed by atoms with Gasteiger partial charge in [-0.1, -0.05) is 38.7 Å². The number of amides is 1. The highest BCUT2D eigenvalue weighted by atomic mass is 19.4. The largest absolute Gasteiger partial charge is 0.419 e. The van der Waals surface area contributed by atoms with Gasteiger partial charge in [0.05, 0.1) is 11.1 Å². The summed E-state index contributed by atoms with van der Waals surface area (Å²) < 4.78 is 52.8. The molecule has 6 heteroatoms. The van der Waals surface area contributed by atoms with Crippen molar-refractivity contribution in [1.29, 1.82) is 0 Å². The van der Waals surface area contributed by atoms with E-state index in [1.54, 1.807) is 13.8 Å². The number of alkyl halides is 3. The first-order chi connectivity index (χ1) is 11.0. The number of hydrogen-bond donors (Lipinski definition) is 1. The molecule has 2 N–H and O–H groups in total. The van der Waals surface area contributed by atoms with E-state index in [9.17, 15) is 22.4 Å². The van der Waals surface area contributed by atoms with Gasteiger partial charge in [0.2, 0.25) is 0 Å². The molecule has 0 aliphatic rings. The number of carbonyl (C=O) groups excluding carboxylic acids is 1. The fourth-order valence-electron chi connectivity index (χ4n) is 2.07. The van der Waals surface area contributed by atoms with Crippen LogP contribution in [0.4, 0.5) is 17.6 Å². The highest BCUT2D eigenvalue weighted by Gasteiger charge is 2.36. The summed E-state index contributed by atoms with van der Waals surface area (Å²) in [6, 6.07) is 1.63. The fraction of sp³-hybridized carbons (Fsp3) is 0.278. The maximum absolute atomic E-state index is 13.9. The van der Waals surface area contributed by atoms with E-state index in [4.69, 9.17) is 5.73 Å². The van der Waals surface area contributed by atoms with E-state index in [0.717, 1.165) is 6.07 Å². The Balaban J connectivity index is 0.00000254. The van der Waals surface area contributed by atoms with Gasteiger partial charge in [-0.25, -0.2) is 4.39 Å². The Morgan fingerprint density at radius 2 is 1.71 bits per heavy atom. The maximum Gasteiger partial charge on any atom is 0.419 e. The van der Waals surface area contributed by atoms with Gasteiger partial charge in [-0.2, -0.15) is 13.2 Å². The summed E-state index contributed by atoms with van der Waals surface area (Å²) in [5, 5.41) is 0.